The lowest BCUT2D eigenvalue weighted by Crippen LogP contribution is -2.37. The number of anilines is 4. The topological polar surface area (TPSA) is 93.3 Å². The quantitative estimate of drug-likeness (QED) is 0.737. The number of fused-ring (bicyclic) bond motifs is 1. The number of pyridine rings is 1. The second-order valence-electron chi connectivity index (χ2n) is 6.45. The van der Waals surface area contributed by atoms with Crippen molar-refractivity contribution in [2.24, 2.45) is 0 Å². The third-order valence-corrected chi connectivity index (χ3v) is 5.66. The van der Waals surface area contributed by atoms with E-state index in [0.29, 0.717) is 18.3 Å². The molecule has 8 nitrogen and oxygen atoms in total. The van der Waals surface area contributed by atoms with E-state index < -0.39 is 0 Å². The van der Waals surface area contributed by atoms with Crippen LogP contribution in [0.1, 0.15) is 5.56 Å². The van der Waals surface area contributed by atoms with Crippen LogP contribution in [-0.4, -0.2) is 52.8 Å². The van der Waals surface area contributed by atoms with Gasteiger partial charge in [0.15, 0.2) is 5.13 Å². The lowest BCUT2D eigenvalue weighted by atomic mass is 10.1. The van der Waals surface area contributed by atoms with E-state index in [1.165, 1.54) is 11.3 Å². The molecule has 0 radical (unpaired) electrons. The molecule has 9 heteroatoms. The summed E-state index contributed by atoms with van der Waals surface area (Å²) in [5.41, 5.74) is 8.99. The first-order valence-electron chi connectivity index (χ1n) is 8.92. The smallest absolute Gasteiger partial charge is 0.228 e. The minimum Gasteiger partial charge on any atom is -0.378 e. The Morgan fingerprint density at radius 2 is 2.00 bits per heavy atom. The van der Waals surface area contributed by atoms with Crippen LogP contribution in [0.4, 0.5) is 22.6 Å². The van der Waals surface area contributed by atoms with E-state index in [0.717, 1.165) is 59.6 Å². The summed E-state index contributed by atoms with van der Waals surface area (Å²) in [4.78, 5) is 23.7. The number of rotatable bonds is 3. The van der Waals surface area contributed by atoms with Crippen molar-refractivity contribution >= 4 is 33.9 Å². The number of nitrogens with two attached hydrogens (primary N) is 1. The van der Waals surface area contributed by atoms with Gasteiger partial charge in [-0.25, -0.2) is 9.97 Å². The molecule has 1 saturated heterocycles. The van der Waals surface area contributed by atoms with Gasteiger partial charge in [0.1, 0.15) is 5.82 Å². The fraction of sp³-hybridized carbons (Fsp3) is 0.333. The summed E-state index contributed by atoms with van der Waals surface area (Å²) in [5.74, 6) is 1.68. The van der Waals surface area contributed by atoms with E-state index in [2.05, 4.69) is 25.8 Å². The van der Waals surface area contributed by atoms with Crippen molar-refractivity contribution in [2.75, 3.05) is 48.4 Å². The van der Waals surface area contributed by atoms with Crippen LogP contribution in [0.25, 0.3) is 10.6 Å². The number of hydrogen-bond acceptors (Lipinski definition) is 9. The number of nitrogens with zero attached hydrogens (tertiary/aromatic N) is 6. The maximum atomic E-state index is 5.88. The minimum absolute atomic E-state index is 0.549. The summed E-state index contributed by atoms with van der Waals surface area (Å²) in [6.07, 6.45) is 6.33. The fourth-order valence-corrected chi connectivity index (χ4v) is 4.22. The van der Waals surface area contributed by atoms with Gasteiger partial charge in [-0.15, -0.1) is 0 Å². The Hall–Kier alpha value is -2.78. The van der Waals surface area contributed by atoms with Crippen molar-refractivity contribution in [1.29, 1.82) is 0 Å². The molecule has 2 aliphatic heterocycles. The summed E-state index contributed by atoms with van der Waals surface area (Å²) < 4.78 is 5.48. The standard InChI is InChI=1S/C18H19N7OS/c19-17-21-11-14(27-17)15-13-3-5-25(12-2-1-4-20-10-12)16(13)23-18(22-15)24-6-8-26-9-7-24/h1-2,4,10-11H,3,5-9H2,(H2,19,21). The van der Waals surface area contributed by atoms with Crippen LogP contribution in [0, 0.1) is 0 Å². The maximum Gasteiger partial charge on any atom is 0.228 e. The zero-order chi connectivity index (χ0) is 18.2. The number of morpholine rings is 1. The molecule has 0 unspecified atom stereocenters. The first-order chi connectivity index (χ1) is 13.3. The van der Waals surface area contributed by atoms with Crippen molar-refractivity contribution in [3.8, 4) is 10.6 Å². The lowest BCUT2D eigenvalue weighted by molar-refractivity contribution is 0.122. The molecular formula is C18H19N7OS. The van der Waals surface area contributed by atoms with E-state index in [1.54, 1.807) is 12.4 Å². The number of nitrogen functional groups attached to an aromatic ring is 1. The maximum absolute atomic E-state index is 5.88. The molecule has 0 saturated carbocycles. The first kappa shape index (κ1) is 16.4. The molecule has 3 aromatic heterocycles. The Morgan fingerprint density at radius 1 is 1.11 bits per heavy atom. The Balaban J connectivity index is 1.64. The van der Waals surface area contributed by atoms with Gasteiger partial charge in [-0.1, -0.05) is 11.3 Å². The van der Waals surface area contributed by atoms with E-state index >= 15 is 0 Å². The summed E-state index contributed by atoms with van der Waals surface area (Å²) in [7, 11) is 0. The monoisotopic (exact) mass is 381 g/mol. The van der Waals surface area contributed by atoms with Crippen LogP contribution in [0.2, 0.25) is 0 Å². The molecule has 2 N–H and O–H groups in total. The van der Waals surface area contributed by atoms with Gasteiger partial charge in [0, 0.05) is 37.6 Å². The molecule has 5 heterocycles. The summed E-state index contributed by atoms with van der Waals surface area (Å²) >= 11 is 1.46. The number of aromatic nitrogens is 4. The zero-order valence-electron chi connectivity index (χ0n) is 14.7. The largest absolute Gasteiger partial charge is 0.378 e. The molecule has 0 aliphatic carbocycles. The highest BCUT2D eigenvalue weighted by Crippen LogP contribution is 2.40. The van der Waals surface area contributed by atoms with Crippen LogP contribution in [-0.2, 0) is 11.2 Å². The van der Waals surface area contributed by atoms with Crippen LogP contribution in [0.15, 0.2) is 30.7 Å². The number of thiazole rings is 1. The van der Waals surface area contributed by atoms with E-state index in [1.807, 2.05) is 12.3 Å². The van der Waals surface area contributed by atoms with Crippen molar-refractivity contribution in [2.45, 2.75) is 6.42 Å². The van der Waals surface area contributed by atoms with Gasteiger partial charge >= 0.3 is 0 Å². The highest BCUT2D eigenvalue weighted by Gasteiger charge is 2.29. The van der Waals surface area contributed by atoms with Gasteiger partial charge in [0.2, 0.25) is 5.95 Å². The predicted molar refractivity (Wildman–Crippen MR) is 106 cm³/mol. The normalized spacial score (nSPS) is 16.6. The lowest BCUT2D eigenvalue weighted by Gasteiger charge is -2.28. The third-order valence-electron chi connectivity index (χ3n) is 4.82. The average Bonchev–Trinajstić information content (AvgIpc) is 3.35. The van der Waals surface area contributed by atoms with Crippen LogP contribution < -0.4 is 15.5 Å². The molecule has 0 aromatic carbocycles. The van der Waals surface area contributed by atoms with Crippen LogP contribution in [0.3, 0.4) is 0 Å². The molecule has 3 aromatic rings. The second-order valence-corrected chi connectivity index (χ2v) is 7.51. The number of ether oxygens (including phenoxy) is 1. The van der Waals surface area contributed by atoms with Gasteiger partial charge in [-0.05, 0) is 18.6 Å². The molecular weight excluding hydrogens is 362 g/mol. The van der Waals surface area contributed by atoms with Crippen LogP contribution in [0.5, 0.6) is 0 Å². The molecule has 0 spiro atoms. The number of hydrogen-bond donors (Lipinski definition) is 1. The Kier molecular flexibility index (Phi) is 4.10. The molecule has 2 aliphatic rings. The Bertz CT molecular complexity index is 956. The van der Waals surface area contributed by atoms with Crippen LogP contribution >= 0.6 is 11.3 Å². The minimum atomic E-state index is 0.549. The molecule has 27 heavy (non-hydrogen) atoms. The molecule has 5 rings (SSSR count). The van der Waals surface area contributed by atoms with E-state index in [-0.39, 0.29) is 0 Å². The SMILES string of the molecule is Nc1ncc(-c2nc(N3CCOCC3)nc3c2CCN3c2cccnc2)s1. The van der Waals surface area contributed by atoms with Crippen molar-refractivity contribution in [3.63, 3.8) is 0 Å². The second kappa shape index (κ2) is 6.75. The molecule has 0 bridgehead atoms. The predicted octanol–water partition coefficient (Wildman–Crippen LogP) is 2.11. The fourth-order valence-electron chi connectivity index (χ4n) is 3.51. The Morgan fingerprint density at radius 3 is 2.74 bits per heavy atom. The highest BCUT2D eigenvalue weighted by molar-refractivity contribution is 7.18. The zero-order valence-corrected chi connectivity index (χ0v) is 15.5. The summed E-state index contributed by atoms with van der Waals surface area (Å²) in [5, 5.41) is 0.549. The average molecular weight is 381 g/mol. The summed E-state index contributed by atoms with van der Waals surface area (Å²) in [6, 6.07) is 4.01. The van der Waals surface area contributed by atoms with Crippen molar-refractivity contribution in [1.82, 2.24) is 19.9 Å². The molecule has 0 atom stereocenters. The van der Waals surface area contributed by atoms with Gasteiger partial charge < -0.3 is 20.3 Å². The third kappa shape index (κ3) is 2.98. The van der Waals surface area contributed by atoms with Gasteiger partial charge in [0.05, 0.1) is 35.7 Å². The molecule has 138 valence electrons. The van der Waals surface area contributed by atoms with Gasteiger partial charge in [0.25, 0.3) is 0 Å². The summed E-state index contributed by atoms with van der Waals surface area (Å²) in [6.45, 7) is 3.81. The van der Waals surface area contributed by atoms with E-state index in [9.17, 15) is 0 Å². The van der Waals surface area contributed by atoms with Crippen molar-refractivity contribution in [3.05, 3.63) is 36.3 Å². The van der Waals surface area contributed by atoms with E-state index in [4.69, 9.17) is 20.4 Å². The Labute approximate surface area is 160 Å². The first-order valence-corrected chi connectivity index (χ1v) is 9.74. The molecule has 1 fully saturated rings. The van der Waals surface area contributed by atoms with Crippen molar-refractivity contribution < 1.29 is 4.74 Å². The molecule has 0 amide bonds. The van der Waals surface area contributed by atoms with Gasteiger partial charge in [-0.3, -0.25) is 4.98 Å². The highest BCUT2D eigenvalue weighted by atomic mass is 32.1. The van der Waals surface area contributed by atoms with Gasteiger partial charge in [-0.2, -0.15) is 4.98 Å².